The number of aromatic nitrogens is 1. The minimum atomic E-state index is -0.569. The van der Waals surface area contributed by atoms with E-state index in [0.29, 0.717) is 32.3 Å². The SMILES string of the molecule is Cc1ccc(N)cc1-c1cc(OC[C@H]2COC(C)(C)O2)nc(N2CCOCC2)c1. The number of ether oxygens (including phenoxy) is 4. The Bertz CT molecular complexity index is 865. The van der Waals surface area contributed by atoms with E-state index in [1.165, 1.54) is 0 Å². The summed E-state index contributed by atoms with van der Waals surface area (Å²) in [5.74, 6) is 0.881. The summed E-state index contributed by atoms with van der Waals surface area (Å²) in [7, 11) is 0. The first-order valence-electron chi connectivity index (χ1n) is 10.1. The van der Waals surface area contributed by atoms with Crippen LogP contribution in [0.1, 0.15) is 19.4 Å². The number of aryl methyl sites for hydroxylation is 1. The van der Waals surface area contributed by atoms with Crippen LogP contribution in [0.15, 0.2) is 30.3 Å². The van der Waals surface area contributed by atoms with Gasteiger partial charge in [-0.2, -0.15) is 4.98 Å². The molecule has 0 unspecified atom stereocenters. The third kappa shape index (κ3) is 4.80. The lowest BCUT2D eigenvalue weighted by Gasteiger charge is -2.28. The highest BCUT2D eigenvalue weighted by Gasteiger charge is 2.33. The summed E-state index contributed by atoms with van der Waals surface area (Å²) >= 11 is 0. The first-order valence-corrected chi connectivity index (χ1v) is 10.1. The first-order chi connectivity index (χ1) is 13.9. The molecule has 0 bridgehead atoms. The number of pyridine rings is 1. The van der Waals surface area contributed by atoms with Crippen LogP contribution < -0.4 is 15.4 Å². The number of morpholine rings is 1. The van der Waals surface area contributed by atoms with Crippen molar-refractivity contribution < 1.29 is 18.9 Å². The van der Waals surface area contributed by atoms with Crippen molar-refractivity contribution in [2.75, 3.05) is 50.2 Å². The molecular weight excluding hydrogens is 370 g/mol. The fourth-order valence-electron chi connectivity index (χ4n) is 3.65. The van der Waals surface area contributed by atoms with Crippen molar-refractivity contribution in [3.63, 3.8) is 0 Å². The predicted octanol–water partition coefficient (Wildman–Crippen LogP) is 3.01. The van der Waals surface area contributed by atoms with Crippen molar-refractivity contribution in [2.45, 2.75) is 32.7 Å². The number of hydrogen-bond donors (Lipinski definition) is 1. The smallest absolute Gasteiger partial charge is 0.215 e. The monoisotopic (exact) mass is 399 g/mol. The van der Waals surface area contributed by atoms with Crippen LogP contribution >= 0.6 is 0 Å². The van der Waals surface area contributed by atoms with E-state index in [9.17, 15) is 0 Å². The number of hydrogen-bond acceptors (Lipinski definition) is 7. The average molecular weight is 399 g/mol. The first kappa shape index (κ1) is 19.9. The van der Waals surface area contributed by atoms with E-state index in [0.717, 1.165) is 41.3 Å². The lowest BCUT2D eigenvalue weighted by atomic mass is 10.0. The molecule has 1 aromatic heterocycles. The zero-order valence-corrected chi connectivity index (χ0v) is 17.3. The molecule has 2 aliphatic rings. The molecule has 2 saturated heterocycles. The van der Waals surface area contributed by atoms with Crippen LogP contribution in [0.25, 0.3) is 11.1 Å². The molecule has 4 rings (SSSR count). The van der Waals surface area contributed by atoms with Gasteiger partial charge in [0.15, 0.2) is 5.79 Å². The molecule has 2 N–H and O–H groups in total. The topological polar surface area (TPSA) is 79.1 Å². The number of nitrogen functional groups attached to an aromatic ring is 1. The third-order valence-corrected chi connectivity index (χ3v) is 5.18. The standard InChI is InChI=1S/C22H29N3O4/c1-15-4-5-17(23)12-19(15)16-10-20(25-6-8-26-9-7-25)24-21(11-16)27-13-18-14-28-22(2,3)29-18/h4-5,10-12,18H,6-9,13-14,23H2,1-3H3/t18-/m0/s1. The zero-order valence-electron chi connectivity index (χ0n) is 17.3. The Balaban J connectivity index is 1.62. The van der Waals surface area contributed by atoms with Crippen molar-refractivity contribution in [1.29, 1.82) is 0 Å². The van der Waals surface area contributed by atoms with Gasteiger partial charge in [0, 0.05) is 24.8 Å². The summed E-state index contributed by atoms with van der Waals surface area (Å²) in [6.07, 6.45) is -0.114. The van der Waals surface area contributed by atoms with Crippen LogP contribution in [-0.2, 0) is 14.2 Å². The molecule has 3 heterocycles. The second kappa shape index (κ2) is 8.18. The van der Waals surface area contributed by atoms with Gasteiger partial charge in [-0.3, -0.25) is 0 Å². The highest BCUT2D eigenvalue weighted by Crippen LogP contribution is 2.32. The van der Waals surface area contributed by atoms with Gasteiger partial charge >= 0.3 is 0 Å². The highest BCUT2D eigenvalue weighted by atomic mass is 16.7. The van der Waals surface area contributed by atoms with Crippen LogP contribution in [0.5, 0.6) is 5.88 Å². The Morgan fingerprint density at radius 2 is 2.00 bits per heavy atom. The van der Waals surface area contributed by atoms with Gasteiger partial charge in [-0.05, 0) is 55.7 Å². The van der Waals surface area contributed by atoms with Crippen LogP contribution in [-0.4, -0.2) is 56.4 Å². The summed E-state index contributed by atoms with van der Waals surface area (Å²) < 4.78 is 23.0. The van der Waals surface area contributed by atoms with Gasteiger partial charge in [0.05, 0.1) is 19.8 Å². The van der Waals surface area contributed by atoms with E-state index in [-0.39, 0.29) is 6.10 Å². The fraction of sp³-hybridized carbons (Fsp3) is 0.500. The summed E-state index contributed by atoms with van der Waals surface area (Å²) in [5, 5.41) is 0. The van der Waals surface area contributed by atoms with E-state index < -0.39 is 5.79 Å². The zero-order chi connectivity index (χ0) is 20.4. The maximum Gasteiger partial charge on any atom is 0.215 e. The third-order valence-electron chi connectivity index (χ3n) is 5.18. The second-order valence-corrected chi connectivity index (χ2v) is 7.99. The molecule has 7 heteroatoms. The molecule has 156 valence electrons. The van der Waals surface area contributed by atoms with Gasteiger partial charge < -0.3 is 29.6 Å². The molecule has 0 amide bonds. The van der Waals surface area contributed by atoms with Gasteiger partial charge in [-0.1, -0.05) is 6.07 Å². The minimum absolute atomic E-state index is 0.114. The van der Waals surface area contributed by atoms with E-state index in [4.69, 9.17) is 29.7 Å². The van der Waals surface area contributed by atoms with Crippen molar-refractivity contribution in [1.82, 2.24) is 4.98 Å². The molecule has 0 spiro atoms. The quantitative estimate of drug-likeness (QED) is 0.774. The van der Waals surface area contributed by atoms with Crippen molar-refractivity contribution in [3.8, 4) is 17.0 Å². The summed E-state index contributed by atoms with van der Waals surface area (Å²) in [6, 6.07) is 10.0. The summed E-state index contributed by atoms with van der Waals surface area (Å²) in [5.41, 5.74) is 10.0. The Morgan fingerprint density at radius 1 is 1.21 bits per heavy atom. The Morgan fingerprint density at radius 3 is 2.72 bits per heavy atom. The molecule has 7 nitrogen and oxygen atoms in total. The van der Waals surface area contributed by atoms with Crippen LogP contribution in [0.3, 0.4) is 0 Å². The second-order valence-electron chi connectivity index (χ2n) is 7.99. The number of nitrogens with two attached hydrogens (primary N) is 1. The van der Waals surface area contributed by atoms with Crippen LogP contribution in [0.4, 0.5) is 11.5 Å². The normalized spacial score (nSPS) is 21.3. The van der Waals surface area contributed by atoms with Gasteiger partial charge in [0.25, 0.3) is 0 Å². The molecule has 1 aromatic carbocycles. The lowest BCUT2D eigenvalue weighted by Crippen LogP contribution is -2.36. The molecule has 2 fully saturated rings. The number of benzene rings is 1. The van der Waals surface area contributed by atoms with Gasteiger partial charge in [-0.25, -0.2) is 0 Å². The highest BCUT2D eigenvalue weighted by molar-refractivity contribution is 5.74. The Labute approximate surface area is 171 Å². The van der Waals surface area contributed by atoms with Gasteiger partial charge in [0.2, 0.25) is 5.88 Å². The van der Waals surface area contributed by atoms with Crippen molar-refractivity contribution in [2.24, 2.45) is 0 Å². The summed E-state index contributed by atoms with van der Waals surface area (Å²) in [6.45, 7) is 9.80. The van der Waals surface area contributed by atoms with E-state index in [1.54, 1.807) is 0 Å². The Kier molecular flexibility index (Phi) is 5.63. The van der Waals surface area contributed by atoms with E-state index in [1.807, 2.05) is 38.1 Å². The van der Waals surface area contributed by atoms with Gasteiger partial charge in [-0.15, -0.1) is 0 Å². The Hall–Kier alpha value is -2.35. The minimum Gasteiger partial charge on any atom is -0.475 e. The van der Waals surface area contributed by atoms with Crippen molar-refractivity contribution in [3.05, 3.63) is 35.9 Å². The number of nitrogens with zero attached hydrogens (tertiary/aromatic N) is 2. The van der Waals surface area contributed by atoms with Gasteiger partial charge in [0.1, 0.15) is 18.5 Å². The van der Waals surface area contributed by atoms with Crippen LogP contribution in [0.2, 0.25) is 0 Å². The average Bonchev–Trinajstić information content (AvgIpc) is 3.07. The molecule has 0 saturated carbocycles. The molecule has 0 radical (unpaired) electrons. The number of rotatable bonds is 5. The maximum absolute atomic E-state index is 6.05. The lowest BCUT2D eigenvalue weighted by molar-refractivity contribution is -0.141. The predicted molar refractivity (Wildman–Crippen MR) is 112 cm³/mol. The molecule has 2 aliphatic heterocycles. The largest absolute Gasteiger partial charge is 0.475 e. The van der Waals surface area contributed by atoms with E-state index >= 15 is 0 Å². The number of anilines is 2. The maximum atomic E-state index is 6.05. The molecule has 29 heavy (non-hydrogen) atoms. The fourth-order valence-corrected chi connectivity index (χ4v) is 3.65. The summed E-state index contributed by atoms with van der Waals surface area (Å²) in [4.78, 5) is 6.97. The molecular formula is C22H29N3O4. The molecule has 0 aliphatic carbocycles. The van der Waals surface area contributed by atoms with Crippen LogP contribution in [0, 0.1) is 6.92 Å². The molecule has 2 aromatic rings. The van der Waals surface area contributed by atoms with Crippen molar-refractivity contribution >= 4 is 11.5 Å². The molecule has 1 atom stereocenters. The van der Waals surface area contributed by atoms with E-state index in [2.05, 4.69) is 17.9 Å².